The maximum Gasteiger partial charge on any atom is 0.149 e. The van der Waals surface area contributed by atoms with Crippen LogP contribution in [0, 0.1) is 3.57 Å². The van der Waals surface area contributed by atoms with Gasteiger partial charge in [-0.15, -0.1) is 0 Å². The Bertz CT molecular complexity index is 656. The lowest BCUT2D eigenvalue weighted by Crippen LogP contribution is -2.42. The van der Waals surface area contributed by atoms with Gasteiger partial charge < -0.3 is 0 Å². The first-order chi connectivity index (χ1) is 11.2. The van der Waals surface area contributed by atoms with Crippen molar-refractivity contribution in [3.63, 3.8) is 0 Å². The molecule has 0 aromatic heterocycles. The molecule has 0 aliphatic heterocycles. The predicted octanol–water partition coefficient (Wildman–Crippen LogP) is 4.81. The summed E-state index contributed by atoms with van der Waals surface area (Å²) >= 11 is 2.39. The lowest BCUT2D eigenvalue weighted by Gasteiger charge is -2.33. The second-order valence-corrected chi connectivity index (χ2v) is 7.37. The minimum absolute atomic E-state index is 0.0694. The molecule has 1 atom stereocenters. The number of Topliss-reactive ketones (excluding diaryl/α,β-unsaturated/α-hetero) is 1. The topological polar surface area (TPSA) is 20.3 Å². The van der Waals surface area contributed by atoms with Crippen molar-refractivity contribution in [2.24, 2.45) is 0 Å². The smallest absolute Gasteiger partial charge is 0.149 e. The molecule has 0 heterocycles. The predicted molar refractivity (Wildman–Crippen MR) is 102 cm³/mol. The highest BCUT2D eigenvalue weighted by molar-refractivity contribution is 14.1. The van der Waals surface area contributed by atoms with Crippen LogP contribution in [0.2, 0.25) is 0 Å². The zero-order valence-electron chi connectivity index (χ0n) is 13.2. The number of ketones is 1. The summed E-state index contributed by atoms with van der Waals surface area (Å²) in [5, 5.41) is 0. The summed E-state index contributed by atoms with van der Waals surface area (Å²) in [6.45, 7) is 1.67. The number of hydrogen-bond donors (Lipinski definition) is 0. The van der Waals surface area contributed by atoms with Gasteiger partial charge in [-0.25, -0.2) is 0 Å². The van der Waals surface area contributed by atoms with Gasteiger partial charge in [-0.3, -0.25) is 9.69 Å². The van der Waals surface area contributed by atoms with Crippen LogP contribution in [0.15, 0.2) is 54.6 Å². The molecule has 2 aromatic carbocycles. The molecule has 2 nitrogen and oxygen atoms in total. The van der Waals surface area contributed by atoms with E-state index < -0.39 is 0 Å². The van der Waals surface area contributed by atoms with Crippen molar-refractivity contribution in [1.82, 2.24) is 4.90 Å². The fourth-order valence-electron chi connectivity index (χ4n) is 3.29. The molecule has 0 saturated heterocycles. The van der Waals surface area contributed by atoms with Gasteiger partial charge in [0.2, 0.25) is 0 Å². The number of carbonyl (C=O) groups excluding carboxylic acids is 1. The average molecular weight is 419 g/mol. The molecule has 1 aliphatic rings. The van der Waals surface area contributed by atoms with Crippen molar-refractivity contribution < 1.29 is 4.79 Å². The number of rotatable bonds is 5. The Morgan fingerprint density at radius 3 is 2.43 bits per heavy atom. The monoisotopic (exact) mass is 419 g/mol. The Labute approximate surface area is 152 Å². The molecule has 1 aliphatic carbocycles. The molecule has 1 saturated carbocycles. The van der Waals surface area contributed by atoms with Crippen LogP contribution in [0.1, 0.15) is 36.8 Å². The van der Waals surface area contributed by atoms with Crippen LogP contribution in [0.25, 0.3) is 0 Å². The first-order valence-corrected chi connectivity index (χ1v) is 9.36. The van der Waals surface area contributed by atoms with Crippen LogP contribution in [-0.4, -0.2) is 16.7 Å². The Hall–Kier alpha value is -1.20. The molecule has 0 radical (unpaired) electrons. The summed E-state index contributed by atoms with van der Waals surface area (Å²) in [5.74, 6) is 0.415. The van der Waals surface area contributed by atoms with E-state index in [2.05, 4.69) is 76.0 Å². The number of hydrogen-bond acceptors (Lipinski definition) is 2. The van der Waals surface area contributed by atoms with Crippen molar-refractivity contribution in [2.75, 3.05) is 0 Å². The molecule has 23 heavy (non-hydrogen) atoms. The van der Waals surface area contributed by atoms with Gasteiger partial charge in [0.25, 0.3) is 0 Å². The van der Waals surface area contributed by atoms with Gasteiger partial charge in [0, 0.05) is 23.1 Å². The first kappa shape index (κ1) is 16.7. The van der Waals surface area contributed by atoms with E-state index in [0.29, 0.717) is 5.78 Å². The first-order valence-electron chi connectivity index (χ1n) is 8.28. The van der Waals surface area contributed by atoms with E-state index >= 15 is 0 Å². The van der Waals surface area contributed by atoms with Crippen molar-refractivity contribution in [3.05, 3.63) is 69.3 Å². The van der Waals surface area contributed by atoms with Crippen LogP contribution in [-0.2, 0) is 17.9 Å². The third kappa shape index (κ3) is 4.42. The Morgan fingerprint density at radius 2 is 1.70 bits per heavy atom. The highest BCUT2D eigenvalue weighted by Gasteiger charge is 2.28. The highest BCUT2D eigenvalue weighted by atomic mass is 127. The van der Waals surface area contributed by atoms with Crippen LogP contribution in [0.3, 0.4) is 0 Å². The van der Waals surface area contributed by atoms with Gasteiger partial charge in [-0.1, -0.05) is 55.0 Å². The number of nitrogens with zero attached hydrogens (tertiary/aromatic N) is 1. The largest absolute Gasteiger partial charge is 0.298 e. The molecule has 120 valence electrons. The Balaban J connectivity index is 1.83. The molecule has 2 aromatic rings. The van der Waals surface area contributed by atoms with Gasteiger partial charge in [-0.2, -0.15) is 0 Å². The molecule has 3 rings (SSSR count). The number of halogens is 1. The summed E-state index contributed by atoms with van der Waals surface area (Å²) in [4.78, 5) is 14.8. The Morgan fingerprint density at radius 1 is 0.957 bits per heavy atom. The maximum atomic E-state index is 12.5. The van der Waals surface area contributed by atoms with Gasteiger partial charge in [0.05, 0.1) is 6.04 Å². The maximum absolute atomic E-state index is 12.5. The molecule has 0 spiro atoms. The van der Waals surface area contributed by atoms with E-state index in [0.717, 1.165) is 38.8 Å². The van der Waals surface area contributed by atoms with E-state index in [1.54, 1.807) is 0 Å². The van der Waals surface area contributed by atoms with Crippen molar-refractivity contribution in [3.8, 4) is 0 Å². The number of carbonyl (C=O) groups is 1. The van der Waals surface area contributed by atoms with E-state index in [-0.39, 0.29) is 6.04 Å². The minimum Gasteiger partial charge on any atom is -0.298 e. The van der Waals surface area contributed by atoms with E-state index in [4.69, 9.17) is 0 Å². The van der Waals surface area contributed by atoms with E-state index in [1.807, 2.05) is 6.07 Å². The lowest BCUT2D eigenvalue weighted by molar-refractivity contribution is -0.126. The van der Waals surface area contributed by atoms with Gasteiger partial charge in [0.1, 0.15) is 5.78 Å². The molecule has 3 heteroatoms. The molecular weight excluding hydrogens is 397 g/mol. The standard InChI is InChI=1S/C20H22INO/c21-18-11-5-4-10-17(18)15-22(14-16-8-2-1-3-9-16)19-12-6-7-13-20(19)23/h1-5,8-11,19H,6-7,12-15H2. The van der Waals surface area contributed by atoms with Crippen molar-refractivity contribution in [1.29, 1.82) is 0 Å². The second-order valence-electron chi connectivity index (χ2n) is 6.21. The summed E-state index contributed by atoms with van der Waals surface area (Å²) in [7, 11) is 0. The highest BCUT2D eigenvalue weighted by Crippen LogP contribution is 2.24. The molecule has 1 fully saturated rings. The lowest BCUT2D eigenvalue weighted by atomic mass is 9.92. The van der Waals surface area contributed by atoms with Crippen molar-refractivity contribution >= 4 is 28.4 Å². The summed E-state index contributed by atoms with van der Waals surface area (Å²) in [6.07, 6.45) is 3.95. The fraction of sp³-hybridized carbons (Fsp3) is 0.350. The molecule has 0 amide bonds. The number of benzene rings is 2. The van der Waals surface area contributed by atoms with Crippen LogP contribution in [0.5, 0.6) is 0 Å². The zero-order chi connectivity index (χ0) is 16.1. The van der Waals surface area contributed by atoms with Crippen molar-refractivity contribution in [2.45, 2.75) is 44.8 Å². The quantitative estimate of drug-likeness (QED) is 0.649. The van der Waals surface area contributed by atoms with Crippen LogP contribution in [0.4, 0.5) is 0 Å². The third-order valence-electron chi connectivity index (χ3n) is 4.52. The van der Waals surface area contributed by atoms with Gasteiger partial charge >= 0.3 is 0 Å². The van der Waals surface area contributed by atoms with Crippen LogP contribution >= 0.6 is 22.6 Å². The Kier molecular flexibility index (Phi) is 5.84. The fourth-order valence-corrected chi connectivity index (χ4v) is 3.85. The van der Waals surface area contributed by atoms with E-state index in [9.17, 15) is 4.79 Å². The molecular formula is C20H22INO. The SMILES string of the molecule is O=C1CCCCC1N(Cc1ccccc1)Cc1ccccc1I. The normalized spacial score (nSPS) is 18.3. The molecule has 0 N–H and O–H groups in total. The third-order valence-corrected chi connectivity index (χ3v) is 5.58. The van der Waals surface area contributed by atoms with Gasteiger partial charge in [-0.05, 0) is 52.6 Å². The summed E-state index contributed by atoms with van der Waals surface area (Å²) in [5.41, 5.74) is 2.58. The summed E-state index contributed by atoms with van der Waals surface area (Å²) in [6, 6.07) is 19.0. The zero-order valence-corrected chi connectivity index (χ0v) is 15.4. The average Bonchev–Trinajstić information content (AvgIpc) is 2.58. The molecule has 1 unspecified atom stereocenters. The molecule has 0 bridgehead atoms. The van der Waals surface area contributed by atoms with E-state index in [1.165, 1.54) is 14.7 Å². The second kappa shape index (κ2) is 8.06. The minimum atomic E-state index is 0.0694. The van der Waals surface area contributed by atoms with Gasteiger partial charge in [0.15, 0.2) is 0 Å². The van der Waals surface area contributed by atoms with Crippen LogP contribution < -0.4 is 0 Å². The summed E-state index contributed by atoms with van der Waals surface area (Å²) < 4.78 is 1.27.